The van der Waals surface area contributed by atoms with Crippen molar-refractivity contribution in [3.8, 4) is 12.8 Å². The normalized spacial score (nSPS) is 50.8. The first-order valence-electron chi connectivity index (χ1n) is 7.89. The quantitative estimate of drug-likeness (QED) is 0.426. The first-order chi connectivity index (χ1) is 11.4. The SMILES string of the molecule is C#C.CC1OC2(CO)COC1[C@@H]2O.C[C@@H]1O[C@@]2(CO)COC1[C@H]2O. The van der Waals surface area contributed by atoms with Crippen molar-refractivity contribution in [3.05, 3.63) is 0 Å². The number of rotatable bonds is 2. The van der Waals surface area contributed by atoms with Crippen LogP contribution in [0.2, 0.25) is 0 Å². The van der Waals surface area contributed by atoms with Gasteiger partial charge in [-0.05, 0) is 13.8 Å². The van der Waals surface area contributed by atoms with Crippen LogP contribution in [0.25, 0.3) is 0 Å². The molecule has 0 amide bonds. The Kier molecular flexibility index (Phi) is 5.90. The van der Waals surface area contributed by atoms with Gasteiger partial charge in [-0.15, -0.1) is 12.8 Å². The van der Waals surface area contributed by atoms with Gasteiger partial charge in [0.25, 0.3) is 0 Å². The minimum atomic E-state index is -0.829. The molecular formula is C16H26O8. The summed E-state index contributed by atoms with van der Waals surface area (Å²) in [6.45, 7) is 3.94. The van der Waals surface area contributed by atoms with Crippen LogP contribution in [0.5, 0.6) is 0 Å². The van der Waals surface area contributed by atoms with Crippen LogP contribution in [0.1, 0.15) is 13.8 Å². The van der Waals surface area contributed by atoms with E-state index >= 15 is 0 Å². The van der Waals surface area contributed by atoms with E-state index in [-0.39, 0.29) is 37.6 Å². The van der Waals surface area contributed by atoms with E-state index in [1.807, 2.05) is 13.8 Å². The molecule has 4 aliphatic rings. The second-order valence-corrected chi connectivity index (χ2v) is 6.53. The second kappa shape index (κ2) is 7.23. The first kappa shape index (κ1) is 19.6. The average molecular weight is 346 g/mol. The van der Waals surface area contributed by atoms with Crippen molar-refractivity contribution in [2.75, 3.05) is 26.4 Å². The van der Waals surface area contributed by atoms with E-state index < -0.39 is 23.4 Å². The van der Waals surface area contributed by atoms with E-state index in [9.17, 15) is 10.2 Å². The fourth-order valence-corrected chi connectivity index (χ4v) is 3.65. The van der Waals surface area contributed by atoms with E-state index in [1.54, 1.807) is 0 Å². The maximum Gasteiger partial charge on any atom is 0.143 e. The molecule has 0 saturated carbocycles. The fourth-order valence-electron chi connectivity index (χ4n) is 3.65. The molecule has 4 N–H and O–H groups in total. The Morgan fingerprint density at radius 1 is 0.833 bits per heavy atom. The van der Waals surface area contributed by atoms with Crippen LogP contribution >= 0.6 is 0 Å². The van der Waals surface area contributed by atoms with Crippen LogP contribution in [0.3, 0.4) is 0 Å². The fraction of sp³-hybridized carbons (Fsp3) is 0.875. The molecule has 0 spiro atoms. The van der Waals surface area contributed by atoms with E-state index in [0.717, 1.165) is 0 Å². The van der Waals surface area contributed by atoms with Crippen molar-refractivity contribution < 1.29 is 39.4 Å². The summed E-state index contributed by atoms with van der Waals surface area (Å²) in [6.07, 6.45) is 5.96. The molecule has 4 heterocycles. The van der Waals surface area contributed by atoms with Crippen LogP contribution in [0.4, 0.5) is 0 Å². The Balaban J connectivity index is 0.000000158. The summed E-state index contributed by atoms with van der Waals surface area (Å²) in [5, 5.41) is 37.0. The number of terminal acetylenes is 1. The Morgan fingerprint density at radius 3 is 1.29 bits per heavy atom. The van der Waals surface area contributed by atoms with Crippen LogP contribution in [-0.4, -0.2) is 94.7 Å². The molecular weight excluding hydrogens is 320 g/mol. The predicted octanol–water partition coefficient (Wildman–Crippen LogP) is -1.96. The van der Waals surface area contributed by atoms with Crippen LogP contribution < -0.4 is 0 Å². The summed E-state index contributed by atoms with van der Waals surface area (Å²) in [5.41, 5.74) is -1.66. The Morgan fingerprint density at radius 2 is 1.17 bits per heavy atom. The maximum absolute atomic E-state index is 9.54. The summed E-state index contributed by atoms with van der Waals surface area (Å²) >= 11 is 0. The molecule has 4 fully saturated rings. The molecule has 0 aromatic carbocycles. The lowest BCUT2D eigenvalue weighted by atomic mass is 10.0. The van der Waals surface area contributed by atoms with E-state index in [2.05, 4.69) is 12.8 Å². The molecule has 138 valence electrons. The maximum atomic E-state index is 9.54. The van der Waals surface area contributed by atoms with Crippen LogP contribution in [-0.2, 0) is 18.9 Å². The summed E-state index contributed by atoms with van der Waals surface area (Å²) in [7, 11) is 0. The largest absolute Gasteiger partial charge is 0.393 e. The molecule has 4 unspecified atom stereocenters. The monoisotopic (exact) mass is 346 g/mol. The van der Waals surface area contributed by atoms with Crippen molar-refractivity contribution in [1.82, 2.24) is 0 Å². The van der Waals surface area contributed by atoms with Gasteiger partial charge in [-0.1, -0.05) is 0 Å². The third kappa shape index (κ3) is 2.85. The number of ether oxygens (including phenoxy) is 4. The highest BCUT2D eigenvalue weighted by Crippen LogP contribution is 2.40. The van der Waals surface area contributed by atoms with Gasteiger partial charge < -0.3 is 39.4 Å². The second-order valence-electron chi connectivity index (χ2n) is 6.53. The summed E-state index contributed by atoms with van der Waals surface area (Å²) in [5.74, 6) is 0. The zero-order valence-electron chi connectivity index (χ0n) is 13.9. The molecule has 4 rings (SSSR count). The molecule has 0 aromatic heterocycles. The summed E-state index contributed by atoms with van der Waals surface area (Å²) in [6, 6.07) is 0. The molecule has 0 radical (unpaired) electrons. The predicted molar refractivity (Wildman–Crippen MR) is 82.1 cm³/mol. The minimum Gasteiger partial charge on any atom is -0.393 e. The molecule has 4 saturated heterocycles. The van der Waals surface area contributed by atoms with Crippen molar-refractivity contribution in [2.45, 2.75) is 61.7 Å². The van der Waals surface area contributed by atoms with Gasteiger partial charge in [0.15, 0.2) is 0 Å². The molecule has 8 nitrogen and oxygen atoms in total. The number of fused-ring (bicyclic) bond motifs is 4. The third-order valence-electron chi connectivity index (χ3n) is 5.04. The summed E-state index contributed by atoms with van der Waals surface area (Å²) in [4.78, 5) is 0. The Hall–Kier alpha value is -0.760. The standard InChI is InChI=1S/2C7H12O4.C2H2/c2*1-4-5-6(9)7(2-8,11-4)3-10-5;1-2/h2*4-6,8-9H,2-3H2,1H3;1-2H/t4?,5?,6-,7?;4-,5?,6+,7-;/m00./s1. The zero-order valence-corrected chi connectivity index (χ0v) is 13.9. The van der Waals surface area contributed by atoms with Gasteiger partial charge >= 0.3 is 0 Å². The van der Waals surface area contributed by atoms with Crippen molar-refractivity contribution in [3.63, 3.8) is 0 Å². The van der Waals surface area contributed by atoms with Crippen LogP contribution in [0, 0.1) is 12.8 Å². The highest BCUT2D eigenvalue weighted by molar-refractivity contribution is 5.07. The lowest BCUT2D eigenvalue weighted by Crippen LogP contribution is -2.44. The number of hydrogen-bond acceptors (Lipinski definition) is 8. The van der Waals surface area contributed by atoms with E-state index in [1.165, 1.54) is 0 Å². The first-order valence-corrected chi connectivity index (χ1v) is 7.89. The number of aliphatic hydroxyl groups excluding tert-OH is 4. The van der Waals surface area contributed by atoms with Gasteiger partial charge in [0, 0.05) is 0 Å². The van der Waals surface area contributed by atoms with Crippen molar-refractivity contribution in [1.29, 1.82) is 0 Å². The lowest BCUT2D eigenvalue weighted by molar-refractivity contribution is -0.155. The van der Waals surface area contributed by atoms with E-state index in [4.69, 9.17) is 29.2 Å². The van der Waals surface area contributed by atoms with Crippen LogP contribution in [0.15, 0.2) is 0 Å². The lowest BCUT2D eigenvalue weighted by Gasteiger charge is -2.26. The van der Waals surface area contributed by atoms with Crippen molar-refractivity contribution >= 4 is 0 Å². The number of hydrogen-bond donors (Lipinski definition) is 4. The smallest absolute Gasteiger partial charge is 0.143 e. The molecule has 24 heavy (non-hydrogen) atoms. The Bertz CT molecular complexity index is 419. The summed E-state index contributed by atoms with van der Waals surface area (Å²) < 4.78 is 21.2. The zero-order chi connectivity index (χ0) is 18.1. The average Bonchev–Trinajstić information content (AvgIpc) is 3.25. The molecule has 0 aliphatic carbocycles. The highest BCUT2D eigenvalue weighted by Gasteiger charge is 2.60. The van der Waals surface area contributed by atoms with Gasteiger partial charge in [-0.25, -0.2) is 0 Å². The van der Waals surface area contributed by atoms with Gasteiger partial charge in [0.1, 0.15) is 35.6 Å². The Labute approximate surface area is 141 Å². The molecule has 8 heteroatoms. The third-order valence-corrected chi connectivity index (χ3v) is 5.04. The molecule has 8 atom stereocenters. The number of aliphatic hydroxyl groups is 4. The topological polar surface area (TPSA) is 118 Å². The molecule has 4 bridgehead atoms. The molecule has 0 aromatic rings. The van der Waals surface area contributed by atoms with Gasteiger partial charge in [0.05, 0.1) is 38.6 Å². The van der Waals surface area contributed by atoms with Gasteiger partial charge in [-0.3, -0.25) is 0 Å². The van der Waals surface area contributed by atoms with Crippen molar-refractivity contribution in [2.24, 2.45) is 0 Å². The van der Waals surface area contributed by atoms with Gasteiger partial charge in [0.2, 0.25) is 0 Å². The highest BCUT2D eigenvalue weighted by atomic mass is 16.6. The van der Waals surface area contributed by atoms with E-state index in [0.29, 0.717) is 13.2 Å². The van der Waals surface area contributed by atoms with Gasteiger partial charge in [-0.2, -0.15) is 0 Å². The molecule has 4 aliphatic heterocycles. The minimum absolute atomic E-state index is 0.106.